The van der Waals surface area contributed by atoms with Gasteiger partial charge in [-0.25, -0.2) is 4.79 Å². The summed E-state index contributed by atoms with van der Waals surface area (Å²) < 4.78 is 7.33. The van der Waals surface area contributed by atoms with E-state index in [-0.39, 0.29) is 5.91 Å². The van der Waals surface area contributed by atoms with Gasteiger partial charge in [0.2, 0.25) is 5.91 Å². The number of fused-ring (bicyclic) bond motifs is 2. The van der Waals surface area contributed by atoms with Gasteiger partial charge in [0.05, 0.1) is 5.69 Å². The molecule has 1 N–H and O–H groups in total. The molecule has 0 bridgehead atoms. The molecule has 6 nitrogen and oxygen atoms in total. The second kappa shape index (κ2) is 6.29. The smallest absolute Gasteiger partial charge is 0.408 e. The van der Waals surface area contributed by atoms with Crippen LogP contribution in [0.25, 0.3) is 10.9 Å². The van der Waals surface area contributed by atoms with Crippen molar-refractivity contribution in [3.63, 3.8) is 0 Å². The molecule has 2 heterocycles. The molecule has 1 aliphatic heterocycles. The Balaban J connectivity index is 1.85. The van der Waals surface area contributed by atoms with Gasteiger partial charge in [-0.3, -0.25) is 4.79 Å². The maximum Gasteiger partial charge on any atom is 0.408 e. The molecular formula is C18H23N3O3S. The van der Waals surface area contributed by atoms with Gasteiger partial charge in [0.25, 0.3) is 0 Å². The van der Waals surface area contributed by atoms with Gasteiger partial charge in [-0.15, -0.1) is 11.8 Å². The third-order valence-electron chi connectivity index (χ3n) is 4.05. The summed E-state index contributed by atoms with van der Waals surface area (Å²) >= 11 is 1.57. The standard InChI is InChI=1S/C18H23N3O3S/c1-18(2,3)24-17(23)19-12-10-25-15-9-13-11(6-7-20(13)4)8-14(15)21(5)16(12)22/h6-9,12H,10H2,1-5H3,(H,19,23)/t12-/m0/s1. The highest BCUT2D eigenvalue weighted by Gasteiger charge is 2.31. The van der Waals surface area contributed by atoms with Crippen molar-refractivity contribution in [1.82, 2.24) is 9.88 Å². The van der Waals surface area contributed by atoms with Gasteiger partial charge in [0.1, 0.15) is 11.6 Å². The highest BCUT2D eigenvalue weighted by atomic mass is 32.2. The Kier molecular flexibility index (Phi) is 4.45. The molecule has 1 aromatic heterocycles. The minimum absolute atomic E-state index is 0.146. The minimum atomic E-state index is -0.625. The number of alkyl carbamates (subject to hydrolysis) is 1. The first-order chi connectivity index (χ1) is 11.7. The number of nitrogens with zero attached hydrogens (tertiary/aromatic N) is 2. The molecule has 0 spiro atoms. The van der Waals surface area contributed by atoms with E-state index in [4.69, 9.17) is 4.74 Å². The van der Waals surface area contributed by atoms with Crippen LogP contribution in [0.2, 0.25) is 0 Å². The highest BCUT2D eigenvalue weighted by Crippen LogP contribution is 2.37. The van der Waals surface area contributed by atoms with Crippen molar-refractivity contribution in [2.45, 2.75) is 37.3 Å². The minimum Gasteiger partial charge on any atom is -0.444 e. The normalized spacial score (nSPS) is 18.0. The fourth-order valence-corrected chi connectivity index (χ4v) is 3.92. The number of amides is 2. The molecule has 1 aromatic carbocycles. The maximum atomic E-state index is 12.8. The van der Waals surface area contributed by atoms with Crippen LogP contribution in [0.15, 0.2) is 29.3 Å². The van der Waals surface area contributed by atoms with E-state index in [9.17, 15) is 9.59 Å². The lowest BCUT2D eigenvalue weighted by atomic mass is 10.2. The molecule has 0 aliphatic carbocycles. The second-order valence-electron chi connectivity index (χ2n) is 7.21. The van der Waals surface area contributed by atoms with E-state index in [1.807, 2.05) is 25.4 Å². The number of aromatic nitrogens is 1. The first kappa shape index (κ1) is 17.7. The van der Waals surface area contributed by atoms with Crippen molar-refractivity contribution in [2.75, 3.05) is 17.7 Å². The van der Waals surface area contributed by atoms with Crippen LogP contribution in [0.3, 0.4) is 0 Å². The van der Waals surface area contributed by atoms with E-state index in [2.05, 4.69) is 16.0 Å². The molecule has 0 saturated carbocycles. The fraction of sp³-hybridized carbons (Fsp3) is 0.444. The number of likely N-dealkylation sites (N-methyl/N-ethyl adjacent to an activating group) is 1. The quantitative estimate of drug-likeness (QED) is 0.848. The Labute approximate surface area is 151 Å². The van der Waals surface area contributed by atoms with Crippen molar-refractivity contribution in [3.8, 4) is 0 Å². The molecule has 0 unspecified atom stereocenters. The molecule has 3 rings (SSSR count). The maximum absolute atomic E-state index is 12.8. The number of thioether (sulfide) groups is 1. The van der Waals surface area contributed by atoms with Gasteiger partial charge in [-0.2, -0.15) is 0 Å². The molecule has 0 fully saturated rings. The summed E-state index contributed by atoms with van der Waals surface area (Å²) in [5.41, 5.74) is 1.38. The Morgan fingerprint density at radius 2 is 2.04 bits per heavy atom. The Bertz CT molecular complexity index is 838. The van der Waals surface area contributed by atoms with Gasteiger partial charge in [-0.05, 0) is 39.0 Å². The molecular weight excluding hydrogens is 338 g/mol. The topological polar surface area (TPSA) is 63.6 Å². The summed E-state index contributed by atoms with van der Waals surface area (Å²) in [6.45, 7) is 5.39. The SMILES string of the molecule is CN1C(=O)[C@@H](NC(=O)OC(C)(C)C)CSc2cc3c(ccn3C)cc21. The summed E-state index contributed by atoms with van der Waals surface area (Å²) in [7, 11) is 3.74. The first-order valence-corrected chi connectivity index (χ1v) is 9.13. The van der Waals surface area contributed by atoms with Crippen LogP contribution in [-0.2, 0) is 16.6 Å². The number of benzene rings is 1. The highest BCUT2D eigenvalue weighted by molar-refractivity contribution is 7.99. The number of carbonyl (C=O) groups is 2. The number of nitrogens with one attached hydrogen (secondary N) is 1. The summed E-state index contributed by atoms with van der Waals surface area (Å²) in [5, 5.41) is 3.78. The third kappa shape index (κ3) is 3.61. The van der Waals surface area contributed by atoms with Crippen LogP contribution in [0, 0.1) is 0 Å². The van der Waals surface area contributed by atoms with Gasteiger partial charge in [0, 0.05) is 41.8 Å². The lowest BCUT2D eigenvalue weighted by Gasteiger charge is -2.24. The van der Waals surface area contributed by atoms with Crippen molar-refractivity contribution in [3.05, 3.63) is 24.4 Å². The molecule has 0 saturated heterocycles. The second-order valence-corrected chi connectivity index (χ2v) is 8.27. The largest absolute Gasteiger partial charge is 0.444 e. The average molecular weight is 361 g/mol. The van der Waals surface area contributed by atoms with Crippen molar-refractivity contribution in [1.29, 1.82) is 0 Å². The van der Waals surface area contributed by atoms with Crippen LogP contribution in [0.5, 0.6) is 0 Å². The zero-order valence-electron chi connectivity index (χ0n) is 15.1. The third-order valence-corrected chi connectivity index (χ3v) is 5.19. The zero-order chi connectivity index (χ0) is 18.4. The van der Waals surface area contributed by atoms with Gasteiger partial charge >= 0.3 is 6.09 Å². The lowest BCUT2D eigenvalue weighted by Crippen LogP contribution is -2.49. The number of aryl methyl sites for hydroxylation is 1. The van der Waals surface area contributed by atoms with Gasteiger partial charge in [0.15, 0.2) is 0 Å². The number of anilines is 1. The molecule has 134 valence electrons. The van der Waals surface area contributed by atoms with E-state index in [0.717, 1.165) is 21.5 Å². The number of hydrogen-bond acceptors (Lipinski definition) is 4. The molecule has 2 aromatic rings. The number of carbonyl (C=O) groups excluding carboxylic acids is 2. The number of rotatable bonds is 1. The van der Waals surface area contributed by atoms with Gasteiger partial charge in [-0.1, -0.05) is 0 Å². The van der Waals surface area contributed by atoms with E-state index in [1.165, 1.54) is 0 Å². The molecule has 2 amide bonds. The Morgan fingerprint density at radius 1 is 1.32 bits per heavy atom. The van der Waals surface area contributed by atoms with E-state index < -0.39 is 17.7 Å². The molecule has 0 radical (unpaired) electrons. The number of ether oxygens (including phenoxy) is 1. The zero-order valence-corrected chi connectivity index (χ0v) is 15.9. The van der Waals surface area contributed by atoms with Crippen molar-refractivity contribution in [2.24, 2.45) is 7.05 Å². The summed E-state index contributed by atoms with van der Waals surface area (Å²) in [6.07, 6.45) is 1.43. The predicted octanol–water partition coefficient (Wildman–Crippen LogP) is 3.14. The van der Waals surface area contributed by atoms with Crippen LogP contribution in [-0.4, -0.2) is 41.0 Å². The first-order valence-electron chi connectivity index (χ1n) is 8.15. The van der Waals surface area contributed by atoms with Crippen LogP contribution in [0.1, 0.15) is 20.8 Å². The van der Waals surface area contributed by atoms with Crippen LogP contribution >= 0.6 is 11.8 Å². The number of hydrogen-bond donors (Lipinski definition) is 1. The lowest BCUT2D eigenvalue weighted by molar-refractivity contribution is -0.119. The van der Waals surface area contributed by atoms with Gasteiger partial charge < -0.3 is 19.5 Å². The summed E-state index contributed by atoms with van der Waals surface area (Å²) in [6, 6.07) is 5.51. The Morgan fingerprint density at radius 3 is 2.72 bits per heavy atom. The summed E-state index contributed by atoms with van der Waals surface area (Å²) in [4.78, 5) is 27.5. The monoisotopic (exact) mass is 361 g/mol. The fourth-order valence-electron chi connectivity index (χ4n) is 2.81. The predicted molar refractivity (Wildman–Crippen MR) is 100 cm³/mol. The Hall–Kier alpha value is -2.15. The molecule has 25 heavy (non-hydrogen) atoms. The summed E-state index contributed by atoms with van der Waals surface area (Å²) in [5.74, 6) is 0.318. The van der Waals surface area contributed by atoms with Crippen molar-refractivity contribution < 1.29 is 14.3 Å². The molecule has 1 atom stereocenters. The van der Waals surface area contributed by atoms with Crippen LogP contribution < -0.4 is 10.2 Å². The van der Waals surface area contributed by atoms with E-state index in [1.54, 1.807) is 44.5 Å². The molecule has 1 aliphatic rings. The van der Waals surface area contributed by atoms with E-state index in [0.29, 0.717) is 5.75 Å². The van der Waals surface area contributed by atoms with E-state index >= 15 is 0 Å². The average Bonchev–Trinajstić information content (AvgIpc) is 2.82. The van der Waals surface area contributed by atoms with Crippen LogP contribution in [0.4, 0.5) is 10.5 Å². The van der Waals surface area contributed by atoms with Crippen molar-refractivity contribution >= 4 is 40.4 Å². The molecule has 7 heteroatoms.